The Bertz CT molecular complexity index is 268. The van der Waals surface area contributed by atoms with Crippen molar-refractivity contribution in [3.63, 3.8) is 0 Å². The number of hydrazine groups is 1. The second-order valence-electron chi connectivity index (χ2n) is 3.48. The maximum atomic E-state index is 10.0. The molecule has 0 aromatic heterocycles. The molecule has 0 aromatic carbocycles. The van der Waals surface area contributed by atoms with E-state index in [0.29, 0.717) is 0 Å². The number of allylic oxidation sites excluding steroid dienone is 4. The Hall–Kier alpha value is -1.20. The molecule has 0 amide bonds. The Morgan fingerprint density at radius 2 is 1.88 bits per heavy atom. The Labute approximate surface area is 103 Å². The summed E-state index contributed by atoms with van der Waals surface area (Å²) in [4.78, 5) is 10.0. The summed E-state index contributed by atoms with van der Waals surface area (Å²) >= 11 is 4.24. The van der Waals surface area contributed by atoms with Gasteiger partial charge in [0.05, 0.1) is 0 Å². The van der Waals surface area contributed by atoms with E-state index in [1.165, 1.54) is 5.57 Å². The number of carbonyl (C=O) groups is 1. The van der Waals surface area contributed by atoms with Crippen molar-refractivity contribution in [3.8, 4) is 0 Å². The maximum Gasteiger partial charge on any atom is 0.177 e. The molecule has 0 aliphatic carbocycles. The van der Waals surface area contributed by atoms with Crippen LogP contribution in [0.25, 0.3) is 0 Å². The molecule has 5 N–H and O–H groups in total. The van der Waals surface area contributed by atoms with Gasteiger partial charge in [-0.05, 0) is 51.9 Å². The topological polar surface area (TPSA) is 81.1 Å². The molecule has 0 spiro atoms. The van der Waals surface area contributed by atoms with Gasteiger partial charge >= 0.3 is 0 Å². The van der Waals surface area contributed by atoms with Gasteiger partial charge in [0.1, 0.15) is 6.29 Å². The molecule has 0 saturated heterocycles. The molecule has 0 rings (SSSR count). The second kappa shape index (κ2) is 11.9. The lowest BCUT2D eigenvalue weighted by molar-refractivity contribution is -0.104. The molecule has 0 saturated carbocycles. The maximum absolute atomic E-state index is 10.0. The Morgan fingerprint density at radius 1 is 1.38 bits per heavy atom. The monoisotopic (exact) mass is 243 g/mol. The summed E-state index contributed by atoms with van der Waals surface area (Å²) in [6, 6.07) is 0. The Kier molecular flexibility index (Phi) is 12.8. The predicted molar refractivity (Wildman–Crippen MR) is 72.6 cm³/mol. The highest BCUT2D eigenvalue weighted by Crippen LogP contribution is 2.05. The van der Waals surface area contributed by atoms with Crippen LogP contribution in [-0.4, -0.2) is 11.4 Å². The van der Waals surface area contributed by atoms with E-state index in [1.54, 1.807) is 6.08 Å². The van der Waals surface area contributed by atoms with E-state index in [1.807, 2.05) is 12.3 Å². The van der Waals surface area contributed by atoms with Gasteiger partial charge in [-0.1, -0.05) is 17.2 Å². The van der Waals surface area contributed by atoms with E-state index in [4.69, 9.17) is 5.73 Å². The summed E-state index contributed by atoms with van der Waals surface area (Å²) in [6.45, 7) is 6.14. The van der Waals surface area contributed by atoms with Crippen molar-refractivity contribution < 1.29 is 4.79 Å². The predicted octanol–water partition coefficient (Wildman–Crippen LogP) is 1.57. The van der Waals surface area contributed by atoms with Crippen molar-refractivity contribution in [2.24, 2.45) is 11.6 Å². The average Bonchev–Trinajstić information content (AvgIpc) is 2.18. The largest absolute Gasteiger partial charge is 0.375 e. The van der Waals surface area contributed by atoms with Crippen LogP contribution in [0.3, 0.4) is 0 Å². The standard InChI is InChI=1S/C10H16O.CH5N3S/c1-9(2)5-4-6-10(3)7-8-11;2-1(5)4-3/h5,7-8H,4,6H2,1-3H3;3H2,(H3,2,4,5). The van der Waals surface area contributed by atoms with Crippen molar-refractivity contribution >= 4 is 23.6 Å². The van der Waals surface area contributed by atoms with Crippen LogP contribution in [0, 0.1) is 0 Å². The molecule has 4 nitrogen and oxygen atoms in total. The summed E-state index contributed by atoms with van der Waals surface area (Å²) in [5.74, 6) is 4.66. The zero-order chi connectivity index (χ0) is 13.0. The highest BCUT2D eigenvalue weighted by molar-refractivity contribution is 7.80. The van der Waals surface area contributed by atoms with Gasteiger partial charge in [-0.2, -0.15) is 0 Å². The van der Waals surface area contributed by atoms with E-state index in [-0.39, 0.29) is 5.11 Å². The van der Waals surface area contributed by atoms with Gasteiger partial charge in [0.2, 0.25) is 0 Å². The number of rotatable bonds is 4. The lowest BCUT2D eigenvalue weighted by Gasteiger charge is -1.94. The molecule has 0 aliphatic rings. The van der Waals surface area contributed by atoms with Crippen LogP contribution in [-0.2, 0) is 4.79 Å². The third-order valence-corrected chi connectivity index (χ3v) is 1.70. The minimum atomic E-state index is 0.116. The molecular weight excluding hydrogens is 222 g/mol. The number of nitrogens with one attached hydrogen (secondary N) is 1. The van der Waals surface area contributed by atoms with E-state index >= 15 is 0 Å². The summed E-state index contributed by atoms with van der Waals surface area (Å²) in [7, 11) is 0. The number of aldehydes is 1. The first-order chi connectivity index (χ1) is 7.43. The van der Waals surface area contributed by atoms with Crippen molar-refractivity contribution in [2.45, 2.75) is 33.6 Å². The molecule has 16 heavy (non-hydrogen) atoms. The molecule has 5 heteroatoms. The number of thiocarbonyl (C=S) groups is 1. The number of nitrogens with two attached hydrogens (primary N) is 2. The smallest absolute Gasteiger partial charge is 0.177 e. The van der Waals surface area contributed by atoms with Gasteiger partial charge in [0, 0.05) is 0 Å². The lowest BCUT2D eigenvalue weighted by Crippen LogP contribution is -2.34. The van der Waals surface area contributed by atoms with E-state index in [2.05, 4.69) is 38.0 Å². The number of hydrogen-bond donors (Lipinski definition) is 3. The normalized spacial score (nSPS) is 9.62. The van der Waals surface area contributed by atoms with E-state index in [9.17, 15) is 4.79 Å². The first-order valence-electron chi connectivity index (χ1n) is 4.94. The zero-order valence-corrected chi connectivity index (χ0v) is 10.9. The summed E-state index contributed by atoms with van der Waals surface area (Å²) in [5, 5.41) is 0.116. The molecule has 0 radical (unpaired) electrons. The molecule has 0 unspecified atom stereocenters. The summed E-state index contributed by atoms with van der Waals surface area (Å²) in [5.41, 5.74) is 9.31. The minimum absolute atomic E-state index is 0.116. The third kappa shape index (κ3) is 18.6. The van der Waals surface area contributed by atoms with Gasteiger partial charge in [-0.25, -0.2) is 5.84 Å². The molecule has 0 heterocycles. The molecular formula is C11H21N3OS. The van der Waals surface area contributed by atoms with Crippen molar-refractivity contribution in [3.05, 3.63) is 23.3 Å². The molecule has 0 aromatic rings. The van der Waals surface area contributed by atoms with Gasteiger partial charge in [-0.3, -0.25) is 4.79 Å². The van der Waals surface area contributed by atoms with Crippen LogP contribution in [0.2, 0.25) is 0 Å². The number of hydrogen-bond acceptors (Lipinski definition) is 3. The van der Waals surface area contributed by atoms with Crippen molar-refractivity contribution in [2.75, 3.05) is 0 Å². The average molecular weight is 243 g/mol. The van der Waals surface area contributed by atoms with Crippen LogP contribution >= 0.6 is 12.2 Å². The highest BCUT2D eigenvalue weighted by Gasteiger charge is 1.86. The molecule has 0 atom stereocenters. The van der Waals surface area contributed by atoms with Crippen LogP contribution in [0.4, 0.5) is 0 Å². The Balaban J connectivity index is 0. The lowest BCUT2D eigenvalue weighted by atomic mass is 10.1. The second-order valence-corrected chi connectivity index (χ2v) is 3.92. The summed E-state index contributed by atoms with van der Waals surface area (Å²) in [6.07, 6.45) is 6.68. The van der Waals surface area contributed by atoms with Gasteiger partial charge in [0.15, 0.2) is 5.11 Å². The molecule has 92 valence electrons. The number of carbonyl (C=O) groups excluding carboxylic acids is 1. The van der Waals surface area contributed by atoms with Crippen molar-refractivity contribution in [1.82, 2.24) is 5.43 Å². The Morgan fingerprint density at radius 3 is 2.19 bits per heavy atom. The van der Waals surface area contributed by atoms with Gasteiger partial charge in [-0.15, -0.1) is 0 Å². The van der Waals surface area contributed by atoms with Crippen LogP contribution in [0.15, 0.2) is 23.3 Å². The zero-order valence-electron chi connectivity index (χ0n) is 10.1. The quantitative estimate of drug-likeness (QED) is 0.174. The van der Waals surface area contributed by atoms with Gasteiger partial charge in [0.25, 0.3) is 0 Å². The molecule has 0 fully saturated rings. The van der Waals surface area contributed by atoms with E-state index < -0.39 is 0 Å². The first-order valence-corrected chi connectivity index (χ1v) is 5.35. The summed E-state index contributed by atoms with van der Waals surface area (Å²) < 4.78 is 0. The first kappa shape index (κ1) is 17.2. The van der Waals surface area contributed by atoms with E-state index in [0.717, 1.165) is 24.7 Å². The van der Waals surface area contributed by atoms with Crippen LogP contribution in [0.5, 0.6) is 0 Å². The SMILES string of the molecule is CC(C)=CCCC(C)=CC=O.NNC(N)=S. The third-order valence-electron chi connectivity index (χ3n) is 1.59. The van der Waals surface area contributed by atoms with Crippen LogP contribution < -0.4 is 17.0 Å². The van der Waals surface area contributed by atoms with Crippen molar-refractivity contribution in [1.29, 1.82) is 0 Å². The minimum Gasteiger partial charge on any atom is -0.375 e. The fraction of sp³-hybridized carbons (Fsp3) is 0.455. The fourth-order valence-electron chi connectivity index (χ4n) is 0.788. The van der Waals surface area contributed by atoms with Gasteiger partial charge < -0.3 is 11.2 Å². The molecule has 0 aliphatic heterocycles. The van der Waals surface area contributed by atoms with Crippen LogP contribution in [0.1, 0.15) is 33.6 Å². The fourth-order valence-corrected chi connectivity index (χ4v) is 0.788. The molecule has 0 bridgehead atoms. The highest BCUT2D eigenvalue weighted by atomic mass is 32.1.